The van der Waals surface area contributed by atoms with Crippen molar-refractivity contribution in [1.82, 2.24) is 14.9 Å². The third kappa shape index (κ3) is 6.01. The van der Waals surface area contributed by atoms with Gasteiger partial charge in [0.05, 0.1) is 5.60 Å². The molecule has 1 aromatic carbocycles. The second-order valence-corrected chi connectivity index (χ2v) is 8.11. The summed E-state index contributed by atoms with van der Waals surface area (Å²) in [7, 11) is 0. The number of anilines is 1. The molecule has 5 heteroatoms. The average Bonchev–Trinajstić information content (AvgIpc) is 2.67. The van der Waals surface area contributed by atoms with Crippen molar-refractivity contribution in [3.05, 3.63) is 53.5 Å². The second-order valence-electron chi connectivity index (χ2n) is 8.11. The first-order valence-electron chi connectivity index (χ1n) is 10.0. The number of aryl methyl sites for hydroxylation is 2. The Morgan fingerprint density at radius 2 is 1.67 bits per heavy atom. The van der Waals surface area contributed by atoms with Gasteiger partial charge in [0.15, 0.2) is 0 Å². The summed E-state index contributed by atoms with van der Waals surface area (Å²) in [4.78, 5) is 13.6. The zero-order chi connectivity index (χ0) is 19.3. The molecule has 0 unspecified atom stereocenters. The molecule has 1 saturated heterocycles. The molecule has 0 atom stereocenters. The number of aliphatic hydroxyl groups is 1. The van der Waals surface area contributed by atoms with Gasteiger partial charge in [0, 0.05) is 44.5 Å². The third-order valence-electron chi connectivity index (χ3n) is 5.22. The molecule has 1 N–H and O–H groups in total. The van der Waals surface area contributed by atoms with Crippen LogP contribution >= 0.6 is 0 Å². The Kier molecular flexibility index (Phi) is 6.45. The zero-order valence-corrected chi connectivity index (χ0v) is 16.9. The number of nitrogens with zero attached hydrogens (tertiary/aromatic N) is 4. The van der Waals surface area contributed by atoms with Gasteiger partial charge in [-0.15, -0.1) is 0 Å². The molecule has 0 bridgehead atoms. The molecule has 2 heterocycles. The molecule has 0 aliphatic carbocycles. The summed E-state index contributed by atoms with van der Waals surface area (Å²) in [5.74, 6) is 1.05. The Labute approximate surface area is 163 Å². The molecular formula is C22H32N4O. The summed E-state index contributed by atoms with van der Waals surface area (Å²) in [5.41, 5.74) is 3.15. The third-order valence-corrected chi connectivity index (χ3v) is 5.22. The minimum Gasteiger partial charge on any atom is -0.390 e. The number of rotatable bonds is 7. The van der Waals surface area contributed by atoms with E-state index >= 15 is 0 Å². The van der Waals surface area contributed by atoms with Gasteiger partial charge in [0.2, 0.25) is 0 Å². The zero-order valence-electron chi connectivity index (χ0n) is 16.9. The smallest absolute Gasteiger partial charge is 0.132 e. The first kappa shape index (κ1) is 19.8. The van der Waals surface area contributed by atoms with Crippen LogP contribution in [0.3, 0.4) is 0 Å². The van der Waals surface area contributed by atoms with Crippen LogP contribution in [0.1, 0.15) is 44.0 Å². The van der Waals surface area contributed by atoms with Gasteiger partial charge in [-0.2, -0.15) is 0 Å². The lowest BCUT2D eigenvalue weighted by atomic mass is 9.98. The summed E-state index contributed by atoms with van der Waals surface area (Å²) < 4.78 is 0. The monoisotopic (exact) mass is 368 g/mol. The second kappa shape index (κ2) is 8.81. The van der Waals surface area contributed by atoms with Gasteiger partial charge in [0.1, 0.15) is 12.1 Å². The van der Waals surface area contributed by atoms with Crippen molar-refractivity contribution in [2.45, 2.75) is 52.2 Å². The number of benzene rings is 1. The number of piperazine rings is 1. The quantitative estimate of drug-likeness (QED) is 0.814. The van der Waals surface area contributed by atoms with Crippen LogP contribution in [0.4, 0.5) is 5.82 Å². The minimum atomic E-state index is -0.597. The van der Waals surface area contributed by atoms with Gasteiger partial charge in [-0.1, -0.05) is 31.2 Å². The van der Waals surface area contributed by atoms with Crippen molar-refractivity contribution < 1.29 is 5.11 Å². The largest absolute Gasteiger partial charge is 0.390 e. The van der Waals surface area contributed by atoms with Crippen molar-refractivity contribution in [2.75, 3.05) is 31.1 Å². The van der Waals surface area contributed by atoms with Crippen LogP contribution < -0.4 is 4.90 Å². The van der Waals surface area contributed by atoms with Crippen LogP contribution in [0.2, 0.25) is 0 Å². The van der Waals surface area contributed by atoms with Gasteiger partial charge in [-0.05, 0) is 44.2 Å². The van der Waals surface area contributed by atoms with E-state index in [4.69, 9.17) is 0 Å². The highest BCUT2D eigenvalue weighted by Crippen LogP contribution is 2.17. The molecule has 27 heavy (non-hydrogen) atoms. The number of aromatic nitrogens is 2. The van der Waals surface area contributed by atoms with E-state index in [1.807, 2.05) is 13.8 Å². The van der Waals surface area contributed by atoms with Crippen LogP contribution in [0.15, 0.2) is 36.7 Å². The van der Waals surface area contributed by atoms with Crippen LogP contribution in [0.25, 0.3) is 0 Å². The van der Waals surface area contributed by atoms with E-state index in [0.717, 1.165) is 63.5 Å². The fraction of sp³-hybridized carbons (Fsp3) is 0.545. The Morgan fingerprint density at radius 1 is 1.00 bits per heavy atom. The molecule has 146 valence electrons. The molecule has 5 nitrogen and oxygen atoms in total. The SMILES string of the molecule is CCc1cc(N2CCN(Cc3ccc(CCC(C)(C)O)cc3)CC2)ncn1. The van der Waals surface area contributed by atoms with Gasteiger partial charge in [-0.3, -0.25) is 4.90 Å². The summed E-state index contributed by atoms with van der Waals surface area (Å²) in [6.45, 7) is 11.0. The lowest BCUT2D eigenvalue weighted by Gasteiger charge is -2.35. The highest BCUT2D eigenvalue weighted by molar-refractivity contribution is 5.39. The topological polar surface area (TPSA) is 52.5 Å². The molecular weight excluding hydrogens is 336 g/mol. The first-order valence-corrected chi connectivity index (χ1v) is 10.0. The predicted molar refractivity (Wildman–Crippen MR) is 110 cm³/mol. The Bertz CT molecular complexity index is 716. The number of hydrogen-bond acceptors (Lipinski definition) is 5. The van der Waals surface area contributed by atoms with Crippen molar-refractivity contribution in [2.24, 2.45) is 0 Å². The lowest BCUT2D eigenvalue weighted by molar-refractivity contribution is 0.0714. The van der Waals surface area contributed by atoms with E-state index in [-0.39, 0.29) is 0 Å². The normalized spacial score (nSPS) is 15.9. The highest BCUT2D eigenvalue weighted by Gasteiger charge is 2.18. The van der Waals surface area contributed by atoms with Crippen LogP contribution in [0, 0.1) is 0 Å². The van der Waals surface area contributed by atoms with Gasteiger partial charge >= 0.3 is 0 Å². The maximum Gasteiger partial charge on any atom is 0.132 e. The molecule has 0 saturated carbocycles. The Hall–Kier alpha value is -1.98. The van der Waals surface area contributed by atoms with E-state index in [1.165, 1.54) is 11.1 Å². The molecule has 1 aliphatic heterocycles. The van der Waals surface area contributed by atoms with E-state index in [9.17, 15) is 5.11 Å². The fourth-order valence-corrected chi connectivity index (χ4v) is 3.41. The van der Waals surface area contributed by atoms with Gasteiger partial charge in [0.25, 0.3) is 0 Å². The van der Waals surface area contributed by atoms with Crippen molar-refractivity contribution >= 4 is 5.82 Å². The van der Waals surface area contributed by atoms with Gasteiger partial charge < -0.3 is 10.0 Å². The predicted octanol–water partition coefficient (Wildman–Crippen LogP) is 3.06. The molecule has 0 amide bonds. The summed E-state index contributed by atoms with van der Waals surface area (Å²) in [6.07, 6.45) is 4.33. The van der Waals surface area contributed by atoms with Crippen molar-refractivity contribution in [3.63, 3.8) is 0 Å². The Balaban J connectivity index is 1.49. The minimum absolute atomic E-state index is 0.597. The van der Waals surface area contributed by atoms with Crippen molar-refractivity contribution in [3.8, 4) is 0 Å². The molecule has 1 aromatic heterocycles. The van der Waals surface area contributed by atoms with Crippen LogP contribution in [-0.2, 0) is 19.4 Å². The van der Waals surface area contributed by atoms with Crippen molar-refractivity contribution in [1.29, 1.82) is 0 Å². The molecule has 3 rings (SSSR count). The molecule has 1 fully saturated rings. The summed E-state index contributed by atoms with van der Waals surface area (Å²) >= 11 is 0. The van der Waals surface area contributed by atoms with E-state index in [2.05, 4.69) is 57.0 Å². The summed E-state index contributed by atoms with van der Waals surface area (Å²) in [5, 5.41) is 9.86. The first-order chi connectivity index (χ1) is 12.9. The standard InChI is InChI=1S/C22H32N4O/c1-4-20-15-21(24-17-23-20)26-13-11-25(12-14-26)16-19-7-5-18(6-8-19)9-10-22(2,3)27/h5-8,15,17,27H,4,9-14,16H2,1-3H3. The highest BCUT2D eigenvalue weighted by atomic mass is 16.3. The summed E-state index contributed by atoms with van der Waals surface area (Å²) in [6, 6.07) is 11.0. The van der Waals surface area contributed by atoms with Gasteiger partial charge in [-0.25, -0.2) is 9.97 Å². The van der Waals surface area contributed by atoms with E-state index in [1.54, 1.807) is 6.33 Å². The maximum absolute atomic E-state index is 9.86. The lowest BCUT2D eigenvalue weighted by Crippen LogP contribution is -2.46. The van der Waals surface area contributed by atoms with Crippen LogP contribution in [-0.4, -0.2) is 51.8 Å². The number of hydrogen-bond donors (Lipinski definition) is 1. The molecule has 0 spiro atoms. The maximum atomic E-state index is 9.86. The Morgan fingerprint density at radius 3 is 2.30 bits per heavy atom. The average molecular weight is 369 g/mol. The van der Waals surface area contributed by atoms with E-state index in [0.29, 0.717) is 0 Å². The molecule has 2 aromatic rings. The fourth-order valence-electron chi connectivity index (χ4n) is 3.41. The van der Waals surface area contributed by atoms with Crippen LogP contribution in [0.5, 0.6) is 0 Å². The molecule has 0 radical (unpaired) electrons. The van der Waals surface area contributed by atoms with E-state index < -0.39 is 5.60 Å². The molecule has 1 aliphatic rings.